The number of carbonyl (C=O) groups excluding carboxylic acids is 1. The molecule has 1 heterocycles. The zero-order valence-electron chi connectivity index (χ0n) is 13.9. The first-order valence-corrected chi connectivity index (χ1v) is 8.14. The lowest BCUT2D eigenvalue weighted by atomic mass is 10.0. The molecule has 122 valence electrons. The smallest absolute Gasteiger partial charge is 0.229 e. The molecule has 0 aliphatic carbocycles. The number of fused-ring (bicyclic) bond motifs is 1. The standard InChI is InChI=1S/C18H27NO3/c1-14(7-6-12-21-2)18(20)19-11-5-4-8-15-13-16(22-3)9-10-17(15)19/h9-10,13-14H,4-8,11-12H2,1-3H3/t14-/m0/s1. The first kappa shape index (κ1) is 16.8. The summed E-state index contributed by atoms with van der Waals surface area (Å²) in [5.74, 6) is 1.12. The predicted octanol–water partition coefficient (Wildman–Crippen LogP) is 3.43. The molecule has 22 heavy (non-hydrogen) atoms. The van der Waals surface area contributed by atoms with Crippen molar-refractivity contribution < 1.29 is 14.3 Å². The van der Waals surface area contributed by atoms with Gasteiger partial charge in [-0.2, -0.15) is 0 Å². The Morgan fingerprint density at radius 1 is 1.32 bits per heavy atom. The average Bonchev–Trinajstić information content (AvgIpc) is 2.75. The summed E-state index contributed by atoms with van der Waals surface area (Å²) in [6, 6.07) is 6.04. The summed E-state index contributed by atoms with van der Waals surface area (Å²) < 4.78 is 10.4. The topological polar surface area (TPSA) is 38.8 Å². The molecule has 0 fully saturated rings. The van der Waals surface area contributed by atoms with Crippen molar-refractivity contribution in [2.45, 2.75) is 39.0 Å². The molecular weight excluding hydrogens is 278 g/mol. The van der Waals surface area contributed by atoms with Gasteiger partial charge >= 0.3 is 0 Å². The molecule has 0 spiro atoms. The third-order valence-electron chi connectivity index (χ3n) is 4.33. The summed E-state index contributed by atoms with van der Waals surface area (Å²) in [7, 11) is 3.38. The molecule has 0 saturated heterocycles. The van der Waals surface area contributed by atoms with Crippen molar-refractivity contribution in [1.29, 1.82) is 0 Å². The van der Waals surface area contributed by atoms with Gasteiger partial charge in [-0.1, -0.05) is 6.92 Å². The fourth-order valence-electron chi connectivity index (χ4n) is 3.01. The van der Waals surface area contributed by atoms with Crippen LogP contribution in [-0.4, -0.2) is 33.3 Å². The number of amides is 1. The molecule has 0 unspecified atom stereocenters. The van der Waals surface area contributed by atoms with Crippen LogP contribution in [0.15, 0.2) is 18.2 Å². The molecule has 0 N–H and O–H groups in total. The molecule has 1 aromatic rings. The monoisotopic (exact) mass is 305 g/mol. The van der Waals surface area contributed by atoms with E-state index < -0.39 is 0 Å². The van der Waals surface area contributed by atoms with Gasteiger partial charge in [0.1, 0.15) is 5.75 Å². The van der Waals surface area contributed by atoms with Crippen LogP contribution in [-0.2, 0) is 16.0 Å². The molecule has 0 saturated carbocycles. The Morgan fingerprint density at radius 3 is 2.86 bits per heavy atom. The van der Waals surface area contributed by atoms with Crippen LogP contribution in [0.5, 0.6) is 5.75 Å². The predicted molar refractivity (Wildman–Crippen MR) is 88.6 cm³/mol. The third kappa shape index (κ3) is 4.01. The molecule has 1 amide bonds. The van der Waals surface area contributed by atoms with Gasteiger partial charge in [0.15, 0.2) is 0 Å². The SMILES string of the molecule is COCCC[C@H](C)C(=O)N1CCCCc2cc(OC)ccc21. The molecule has 0 bridgehead atoms. The molecule has 1 aromatic carbocycles. The van der Waals surface area contributed by atoms with Gasteiger partial charge in [-0.15, -0.1) is 0 Å². The Balaban J connectivity index is 2.15. The highest BCUT2D eigenvalue weighted by Gasteiger charge is 2.25. The molecule has 4 nitrogen and oxygen atoms in total. The zero-order chi connectivity index (χ0) is 15.9. The second-order valence-electron chi connectivity index (χ2n) is 5.98. The Kier molecular flexibility index (Phi) is 6.25. The van der Waals surface area contributed by atoms with Gasteiger partial charge in [-0.05, 0) is 55.9 Å². The maximum atomic E-state index is 12.8. The fourth-order valence-corrected chi connectivity index (χ4v) is 3.01. The number of methoxy groups -OCH3 is 2. The maximum Gasteiger partial charge on any atom is 0.229 e. The van der Waals surface area contributed by atoms with Crippen LogP contribution >= 0.6 is 0 Å². The van der Waals surface area contributed by atoms with E-state index in [1.54, 1.807) is 14.2 Å². The largest absolute Gasteiger partial charge is 0.497 e. The minimum atomic E-state index is 0.0307. The summed E-state index contributed by atoms with van der Waals surface area (Å²) in [5, 5.41) is 0. The van der Waals surface area contributed by atoms with Crippen LogP contribution in [0.3, 0.4) is 0 Å². The fraction of sp³-hybridized carbons (Fsp3) is 0.611. The van der Waals surface area contributed by atoms with E-state index >= 15 is 0 Å². The van der Waals surface area contributed by atoms with E-state index in [2.05, 4.69) is 6.07 Å². The summed E-state index contributed by atoms with van der Waals surface area (Å²) in [5.41, 5.74) is 2.27. The van der Waals surface area contributed by atoms with Crippen LogP contribution in [0.25, 0.3) is 0 Å². The number of anilines is 1. The van der Waals surface area contributed by atoms with E-state index in [9.17, 15) is 4.79 Å². The molecule has 2 rings (SSSR count). The van der Waals surface area contributed by atoms with Crippen molar-refractivity contribution in [3.05, 3.63) is 23.8 Å². The Hall–Kier alpha value is -1.55. The van der Waals surface area contributed by atoms with E-state index in [4.69, 9.17) is 9.47 Å². The number of hydrogen-bond donors (Lipinski definition) is 0. The maximum absolute atomic E-state index is 12.8. The summed E-state index contributed by atoms with van der Waals surface area (Å²) in [6.45, 7) is 3.55. The van der Waals surface area contributed by atoms with Gasteiger partial charge in [-0.3, -0.25) is 4.79 Å². The van der Waals surface area contributed by atoms with Gasteiger partial charge in [-0.25, -0.2) is 0 Å². The van der Waals surface area contributed by atoms with Crippen molar-refractivity contribution in [3.8, 4) is 5.75 Å². The highest BCUT2D eigenvalue weighted by atomic mass is 16.5. The Labute approximate surface area is 133 Å². The molecule has 1 atom stereocenters. The first-order valence-electron chi connectivity index (χ1n) is 8.14. The number of ether oxygens (including phenoxy) is 2. The summed E-state index contributed by atoms with van der Waals surface area (Å²) in [4.78, 5) is 14.8. The van der Waals surface area contributed by atoms with E-state index in [-0.39, 0.29) is 11.8 Å². The Bertz CT molecular complexity index is 501. The van der Waals surface area contributed by atoms with Crippen LogP contribution in [0.2, 0.25) is 0 Å². The number of rotatable bonds is 6. The second kappa shape index (κ2) is 8.18. The number of nitrogens with zero attached hydrogens (tertiary/aromatic N) is 1. The molecule has 1 aliphatic heterocycles. The number of aryl methyl sites for hydroxylation is 1. The lowest BCUT2D eigenvalue weighted by molar-refractivity contribution is -0.122. The normalized spacial score (nSPS) is 15.9. The quantitative estimate of drug-likeness (QED) is 0.756. The third-order valence-corrected chi connectivity index (χ3v) is 4.33. The summed E-state index contributed by atoms with van der Waals surface area (Å²) in [6.07, 6.45) is 4.96. The lowest BCUT2D eigenvalue weighted by Crippen LogP contribution is -2.36. The highest BCUT2D eigenvalue weighted by molar-refractivity contribution is 5.95. The van der Waals surface area contributed by atoms with Crippen molar-refractivity contribution in [2.75, 3.05) is 32.3 Å². The minimum absolute atomic E-state index is 0.0307. The van der Waals surface area contributed by atoms with E-state index in [0.717, 1.165) is 50.1 Å². The second-order valence-corrected chi connectivity index (χ2v) is 5.98. The summed E-state index contributed by atoms with van der Waals surface area (Å²) >= 11 is 0. The van der Waals surface area contributed by atoms with Crippen molar-refractivity contribution in [1.82, 2.24) is 0 Å². The molecule has 1 aliphatic rings. The van der Waals surface area contributed by atoms with E-state index in [1.165, 1.54) is 5.56 Å². The van der Waals surface area contributed by atoms with Crippen molar-refractivity contribution in [2.24, 2.45) is 5.92 Å². The first-order chi connectivity index (χ1) is 10.7. The van der Waals surface area contributed by atoms with Gasteiger partial charge in [0.2, 0.25) is 5.91 Å². The van der Waals surface area contributed by atoms with Crippen LogP contribution in [0, 0.1) is 5.92 Å². The highest BCUT2D eigenvalue weighted by Crippen LogP contribution is 2.31. The van der Waals surface area contributed by atoms with Crippen LogP contribution < -0.4 is 9.64 Å². The van der Waals surface area contributed by atoms with E-state index in [1.807, 2.05) is 24.0 Å². The Morgan fingerprint density at radius 2 is 2.14 bits per heavy atom. The molecule has 0 aromatic heterocycles. The molecule has 0 radical (unpaired) electrons. The van der Waals surface area contributed by atoms with Crippen molar-refractivity contribution in [3.63, 3.8) is 0 Å². The number of carbonyl (C=O) groups is 1. The van der Waals surface area contributed by atoms with Crippen LogP contribution in [0.1, 0.15) is 38.2 Å². The van der Waals surface area contributed by atoms with Gasteiger partial charge in [0.05, 0.1) is 7.11 Å². The van der Waals surface area contributed by atoms with Crippen LogP contribution in [0.4, 0.5) is 5.69 Å². The minimum Gasteiger partial charge on any atom is -0.497 e. The van der Waals surface area contributed by atoms with E-state index in [0.29, 0.717) is 6.61 Å². The van der Waals surface area contributed by atoms with Crippen molar-refractivity contribution >= 4 is 11.6 Å². The lowest BCUT2D eigenvalue weighted by Gasteiger charge is -2.26. The number of hydrogen-bond acceptors (Lipinski definition) is 3. The molecule has 4 heteroatoms. The number of benzene rings is 1. The van der Waals surface area contributed by atoms with Gasteiger partial charge in [0.25, 0.3) is 0 Å². The zero-order valence-corrected chi connectivity index (χ0v) is 13.9. The van der Waals surface area contributed by atoms with Gasteiger partial charge in [0, 0.05) is 31.9 Å². The molecular formula is C18H27NO3. The average molecular weight is 305 g/mol. The van der Waals surface area contributed by atoms with Gasteiger partial charge < -0.3 is 14.4 Å².